The highest BCUT2D eigenvalue weighted by molar-refractivity contribution is 7.70. The van der Waals surface area contributed by atoms with Crippen LogP contribution < -0.4 is 5.32 Å². The molecular formula is C31H46BN4O11P2+. The Balaban J connectivity index is 1.54. The van der Waals surface area contributed by atoms with E-state index in [0.29, 0.717) is 58.5 Å². The van der Waals surface area contributed by atoms with E-state index in [9.17, 15) is 43.1 Å². The van der Waals surface area contributed by atoms with E-state index in [-0.39, 0.29) is 36.2 Å². The summed E-state index contributed by atoms with van der Waals surface area (Å²) in [5.41, 5.74) is 1.05. The van der Waals surface area contributed by atoms with Crippen LogP contribution in [-0.2, 0) is 39.2 Å². The van der Waals surface area contributed by atoms with Crippen LogP contribution in [0.15, 0.2) is 46.5 Å². The van der Waals surface area contributed by atoms with E-state index < -0.39 is 51.8 Å². The van der Waals surface area contributed by atoms with Crippen molar-refractivity contribution in [2.45, 2.75) is 70.1 Å². The van der Waals surface area contributed by atoms with Crippen molar-refractivity contribution in [1.82, 2.24) is 10.2 Å². The topological polar surface area (TPSA) is 225 Å². The monoisotopic (exact) mass is 723 g/mol. The van der Waals surface area contributed by atoms with E-state index in [0.717, 1.165) is 5.56 Å². The maximum Gasteiger partial charge on any atom is 0.480 e. The Kier molecular flexibility index (Phi) is 16.3. The fourth-order valence-corrected chi connectivity index (χ4v) is 7.99. The molecule has 18 heteroatoms. The SMILES string of the molecule is CC(C)C[C@H](NC(=O)[C@H](CC(=O)C1=N[C+]=CN=C1)Cc1ccccc1)B1OCCN(CCCCC(=O)CC(P(=O)(O)O)P(=O)(O)O)CCO1. The van der Waals surface area contributed by atoms with Gasteiger partial charge in [-0.25, -0.2) is 4.99 Å². The number of amides is 1. The molecule has 0 unspecified atom stereocenters. The number of hydrogen-bond donors (Lipinski definition) is 5. The summed E-state index contributed by atoms with van der Waals surface area (Å²) in [6.45, 7) is 6.34. The number of benzene rings is 1. The van der Waals surface area contributed by atoms with Crippen LogP contribution in [0.25, 0.3) is 0 Å². The molecule has 1 aromatic rings. The fourth-order valence-electron chi connectivity index (χ4n) is 5.54. The van der Waals surface area contributed by atoms with Crippen molar-refractivity contribution in [3.8, 4) is 0 Å². The summed E-state index contributed by atoms with van der Waals surface area (Å²) in [5, 5.41) is 0.785. The molecule has 1 saturated heterocycles. The van der Waals surface area contributed by atoms with Crippen LogP contribution in [0, 0.1) is 18.0 Å². The van der Waals surface area contributed by atoms with Crippen LogP contribution in [0.1, 0.15) is 57.9 Å². The van der Waals surface area contributed by atoms with Gasteiger partial charge in [-0.1, -0.05) is 44.2 Å². The quantitative estimate of drug-likeness (QED) is 0.0600. The molecule has 2 atom stereocenters. The summed E-state index contributed by atoms with van der Waals surface area (Å²) >= 11 is 0. The van der Waals surface area contributed by atoms with Crippen LogP contribution in [0.3, 0.4) is 0 Å². The van der Waals surface area contributed by atoms with Crippen LogP contribution in [0.4, 0.5) is 0 Å². The van der Waals surface area contributed by atoms with Crippen molar-refractivity contribution in [1.29, 1.82) is 0 Å². The molecule has 5 N–H and O–H groups in total. The molecule has 1 aromatic carbocycles. The third-order valence-corrected chi connectivity index (χ3v) is 11.8. The van der Waals surface area contributed by atoms with Gasteiger partial charge in [0.15, 0.2) is 11.6 Å². The van der Waals surface area contributed by atoms with Crippen molar-refractivity contribution in [2.24, 2.45) is 21.8 Å². The first-order chi connectivity index (χ1) is 23.1. The molecule has 2 heterocycles. The Morgan fingerprint density at radius 3 is 2.22 bits per heavy atom. The lowest BCUT2D eigenvalue weighted by molar-refractivity contribution is -0.128. The highest BCUT2D eigenvalue weighted by Gasteiger charge is 2.44. The lowest BCUT2D eigenvalue weighted by Gasteiger charge is -2.32. The number of carbonyl (C=O) groups is 3. The number of nitrogens with one attached hydrogen (secondary N) is 1. The van der Waals surface area contributed by atoms with Gasteiger partial charge in [-0.3, -0.25) is 28.4 Å². The molecule has 3 rings (SSSR count). The number of rotatable bonds is 19. The highest BCUT2D eigenvalue weighted by atomic mass is 31.2. The number of unbranched alkanes of at least 4 members (excludes halogenated alkanes) is 1. The second-order valence-corrected chi connectivity index (χ2v) is 16.6. The van der Waals surface area contributed by atoms with E-state index in [1.807, 2.05) is 44.2 Å². The Bertz CT molecular complexity index is 1420. The zero-order valence-corrected chi connectivity index (χ0v) is 29.6. The van der Waals surface area contributed by atoms with Gasteiger partial charge < -0.3 is 34.2 Å². The number of carbonyl (C=O) groups excluding carboxylic acids is 3. The van der Waals surface area contributed by atoms with Gasteiger partial charge in [0.2, 0.25) is 12.1 Å². The summed E-state index contributed by atoms with van der Waals surface area (Å²) in [7, 11) is -11.0. The molecule has 0 radical (unpaired) electrons. The highest BCUT2D eigenvalue weighted by Crippen LogP contribution is 2.61. The van der Waals surface area contributed by atoms with Gasteiger partial charge in [-0.2, -0.15) is 0 Å². The smallest absolute Gasteiger partial charge is 0.408 e. The van der Waals surface area contributed by atoms with Gasteiger partial charge in [-0.15, -0.1) is 0 Å². The minimum Gasteiger partial charge on any atom is -0.408 e. The third-order valence-electron chi connectivity index (χ3n) is 8.05. The van der Waals surface area contributed by atoms with Crippen molar-refractivity contribution < 1.29 is 52.4 Å². The summed E-state index contributed by atoms with van der Waals surface area (Å²) in [4.78, 5) is 86.0. The number of Topliss-reactive ketones (excluding diaryl/α,β-unsaturated/α-hetero) is 2. The van der Waals surface area contributed by atoms with E-state index in [4.69, 9.17) is 9.31 Å². The largest absolute Gasteiger partial charge is 0.480 e. The van der Waals surface area contributed by atoms with Gasteiger partial charge >= 0.3 is 22.3 Å². The number of hydrogen-bond acceptors (Lipinski definition) is 10. The first-order valence-corrected chi connectivity index (χ1v) is 19.6. The molecule has 2 aliphatic heterocycles. The molecular weight excluding hydrogens is 677 g/mol. The van der Waals surface area contributed by atoms with Gasteiger partial charge in [-0.05, 0) is 43.7 Å². The zero-order chi connectivity index (χ0) is 36.0. The second kappa shape index (κ2) is 19.6. The Hall–Kier alpha value is -2.74. The van der Waals surface area contributed by atoms with E-state index in [1.54, 1.807) is 0 Å². The molecule has 268 valence electrons. The molecule has 0 aromatic heterocycles. The molecule has 15 nitrogen and oxygen atoms in total. The minimum atomic E-state index is -5.15. The first-order valence-electron chi connectivity index (χ1n) is 16.3. The molecule has 1 fully saturated rings. The Morgan fingerprint density at radius 1 is 1.00 bits per heavy atom. The lowest BCUT2D eigenvalue weighted by atomic mass is 9.73. The standard InChI is InChI=1S/C31H45BN4O11P2/c1-23(2)18-29(35-31(39)25(19-24-8-4-3-5-9-24)20-28(38)27-22-33-11-12-34-27)32-46-16-14-36(15-17-47-32)13-7-6-10-26(37)21-30(48(40,41)42)49(43,44)45/h3-5,8-9,11,22-23,25,29-30H,6-7,10,13-21H2,1-2H3,(H4-,35,39,40,41,42,43,44,45)/p+1/t25-,29-/m0/s1. The van der Waals surface area contributed by atoms with Gasteiger partial charge in [0.1, 0.15) is 12.0 Å². The molecule has 0 aliphatic carbocycles. The molecule has 1 amide bonds. The normalized spacial score (nSPS) is 17.2. The Labute approximate surface area is 287 Å². The van der Waals surface area contributed by atoms with Crippen LogP contribution in [0.5, 0.6) is 0 Å². The Morgan fingerprint density at radius 2 is 1.65 bits per heavy atom. The third kappa shape index (κ3) is 14.6. The first kappa shape index (κ1) is 40.7. The minimum absolute atomic E-state index is 0.0654. The fraction of sp³-hybridized carbons (Fsp3) is 0.581. The van der Waals surface area contributed by atoms with Crippen molar-refractivity contribution in [2.75, 3.05) is 32.8 Å². The van der Waals surface area contributed by atoms with E-state index >= 15 is 0 Å². The summed E-state index contributed by atoms with van der Waals surface area (Å²) in [6.07, 6.45) is 6.10. The van der Waals surface area contributed by atoms with Gasteiger partial charge in [0, 0.05) is 50.6 Å². The van der Waals surface area contributed by atoms with Crippen molar-refractivity contribution in [3.63, 3.8) is 0 Å². The number of nitrogens with zero attached hydrogens (tertiary/aromatic N) is 3. The van der Waals surface area contributed by atoms with Crippen molar-refractivity contribution in [3.05, 3.63) is 48.3 Å². The number of aliphatic imine (C=N–C) groups is 2. The second-order valence-electron chi connectivity index (χ2n) is 12.6. The predicted octanol–water partition coefficient (Wildman–Crippen LogP) is 2.32. The summed E-state index contributed by atoms with van der Waals surface area (Å²) in [5.74, 6) is -2.19. The molecule has 0 saturated carbocycles. The average Bonchev–Trinajstić information content (AvgIpc) is 3.01. The maximum atomic E-state index is 13.8. The maximum absolute atomic E-state index is 13.8. The molecule has 0 spiro atoms. The predicted molar refractivity (Wildman–Crippen MR) is 184 cm³/mol. The molecule has 2 aliphatic rings. The van der Waals surface area contributed by atoms with Crippen LogP contribution >= 0.6 is 15.2 Å². The van der Waals surface area contributed by atoms with Gasteiger partial charge in [0.25, 0.3) is 11.5 Å². The summed E-state index contributed by atoms with van der Waals surface area (Å²) < 4.78 is 35.1. The van der Waals surface area contributed by atoms with Gasteiger partial charge in [0.05, 0.1) is 11.9 Å². The molecule has 0 bridgehead atoms. The van der Waals surface area contributed by atoms with Crippen LogP contribution in [0.2, 0.25) is 0 Å². The van der Waals surface area contributed by atoms with E-state index in [1.165, 1.54) is 12.4 Å². The lowest BCUT2D eigenvalue weighted by Crippen LogP contribution is -2.54. The zero-order valence-electron chi connectivity index (χ0n) is 27.8. The van der Waals surface area contributed by atoms with E-state index in [2.05, 4.69) is 26.4 Å². The summed E-state index contributed by atoms with van der Waals surface area (Å²) in [6, 6.07) is 9.46. The average molecular weight is 723 g/mol. The number of ketones is 2. The van der Waals surface area contributed by atoms with Crippen molar-refractivity contribution >= 4 is 51.7 Å². The van der Waals surface area contributed by atoms with Crippen LogP contribution in [-0.4, -0.2) is 105 Å². The molecule has 49 heavy (non-hydrogen) atoms.